The highest BCUT2D eigenvalue weighted by Gasteiger charge is 2.33. The lowest BCUT2D eigenvalue weighted by Crippen LogP contribution is -2.48. The molecule has 0 aliphatic rings. The van der Waals surface area contributed by atoms with E-state index in [1.807, 2.05) is 32.8 Å². The zero-order valence-corrected chi connectivity index (χ0v) is 11.6. The highest BCUT2D eigenvalue weighted by atomic mass is 35.5. The Bertz CT molecular complexity index is 406. The molecule has 1 atom stereocenters. The Labute approximate surface area is 108 Å². The average Bonchev–Trinajstić information content (AvgIpc) is 2.30. The van der Waals surface area contributed by atoms with Gasteiger partial charge in [0.05, 0.1) is 10.6 Å². The number of carbonyl (C=O) groups excluding carboxylic acids is 1. The molecule has 1 unspecified atom stereocenters. The number of rotatable bonds is 5. The number of ketones is 1. The molecule has 0 aromatic carbocycles. The van der Waals surface area contributed by atoms with Crippen LogP contribution in [0.5, 0.6) is 0 Å². The molecule has 0 saturated carbocycles. The second-order valence-electron chi connectivity index (χ2n) is 4.59. The van der Waals surface area contributed by atoms with Crippen LogP contribution in [0, 0.1) is 0 Å². The topological polar surface area (TPSA) is 33.2 Å². The van der Waals surface area contributed by atoms with Gasteiger partial charge in [-0.05, 0) is 39.1 Å². The van der Waals surface area contributed by atoms with Crippen LogP contribution in [0.2, 0.25) is 5.02 Å². The predicted molar refractivity (Wildman–Crippen MR) is 70.3 cm³/mol. The van der Waals surface area contributed by atoms with Crippen LogP contribution in [0.1, 0.15) is 25.8 Å². The quantitative estimate of drug-likeness (QED) is 0.810. The van der Waals surface area contributed by atoms with E-state index < -0.39 is 5.54 Å². The summed E-state index contributed by atoms with van der Waals surface area (Å²) < 4.78 is 0. The fraction of sp³-hybridized carbons (Fsp3) is 0.538. The van der Waals surface area contributed by atoms with Gasteiger partial charge in [-0.2, -0.15) is 0 Å². The summed E-state index contributed by atoms with van der Waals surface area (Å²) in [6.45, 7) is 3.98. The smallest absolute Gasteiger partial charge is 0.157 e. The van der Waals surface area contributed by atoms with Crippen LogP contribution in [0.3, 0.4) is 0 Å². The Morgan fingerprint density at radius 1 is 1.53 bits per heavy atom. The van der Waals surface area contributed by atoms with Crippen LogP contribution in [0.4, 0.5) is 0 Å². The van der Waals surface area contributed by atoms with Crippen molar-refractivity contribution in [3.05, 3.63) is 29.0 Å². The summed E-state index contributed by atoms with van der Waals surface area (Å²) >= 11 is 6.01. The second kappa shape index (κ2) is 5.61. The van der Waals surface area contributed by atoms with Gasteiger partial charge in [0, 0.05) is 18.8 Å². The molecular weight excluding hydrogens is 236 g/mol. The van der Waals surface area contributed by atoms with Gasteiger partial charge in [0.1, 0.15) is 0 Å². The van der Waals surface area contributed by atoms with E-state index in [0.717, 1.165) is 12.0 Å². The lowest BCUT2D eigenvalue weighted by atomic mass is 9.88. The SMILES string of the molecule is CCC(C)(C(=O)Cc1ccncc1Cl)N(C)C. The van der Waals surface area contributed by atoms with Crippen molar-refractivity contribution in [3.8, 4) is 0 Å². The molecule has 1 heterocycles. The molecule has 1 rings (SSSR count). The minimum absolute atomic E-state index is 0.179. The van der Waals surface area contributed by atoms with E-state index in [2.05, 4.69) is 4.98 Å². The maximum Gasteiger partial charge on any atom is 0.157 e. The van der Waals surface area contributed by atoms with E-state index in [9.17, 15) is 4.79 Å². The van der Waals surface area contributed by atoms with Crippen molar-refractivity contribution in [2.45, 2.75) is 32.2 Å². The molecule has 0 radical (unpaired) electrons. The van der Waals surface area contributed by atoms with Crippen LogP contribution >= 0.6 is 11.6 Å². The second-order valence-corrected chi connectivity index (χ2v) is 5.00. The molecule has 0 saturated heterocycles. The summed E-state index contributed by atoms with van der Waals surface area (Å²) in [6, 6.07) is 1.80. The van der Waals surface area contributed by atoms with Crippen molar-refractivity contribution >= 4 is 17.4 Å². The third-order valence-corrected chi connectivity index (χ3v) is 3.82. The maximum atomic E-state index is 12.3. The summed E-state index contributed by atoms with van der Waals surface area (Å²) in [7, 11) is 3.85. The Morgan fingerprint density at radius 2 is 2.18 bits per heavy atom. The summed E-state index contributed by atoms with van der Waals surface area (Å²) in [5.41, 5.74) is 0.403. The van der Waals surface area contributed by atoms with Gasteiger partial charge < -0.3 is 0 Å². The number of likely N-dealkylation sites (N-methyl/N-ethyl adjacent to an activating group) is 1. The molecule has 0 N–H and O–H groups in total. The number of nitrogens with zero attached hydrogens (tertiary/aromatic N) is 2. The number of halogens is 1. The lowest BCUT2D eigenvalue weighted by molar-refractivity contribution is -0.128. The summed E-state index contributed by atoms with van der Waals surface area (Å²) in [6.07, 6.45) is 4.36. The highest BCUT2D eigenvalue weighted by Crippen LogP contribution is 2.22. The lowest BCUT2D eigenvalue weighted by Gasteiger charge is -2.34. The molecular formula is C13H19ClN2O. The maximum absolute atomic E-state index is 12.3. The molecule has 0 amide bonds. The van der Waals surface area contributed by atoms with Crippen molar-refractivity contribution in [1.29, 1.82) is 0 Å². The van der Waals surface area contributed by atoms with Crippen LogP contribution in [-0.4, -0.2) is 35.3 Å². The molecule has 0 bridgehead atoms. The third kappa shape index (κ3) is 3.05. The monoisotopic (exact) mass is 254 g/mol. The van der Waals surface area contributed by atoms with E-state index >= 15 is 0 Å². The first kappa shape index (κ1) is 14.1. The summed E-state index contributed by atoms with van der Waals surface area (Å²) in [4.78, 5) is 18.2. The highest BCUT2D eigenvalue weighted by molar-refractivity contribution is 6.31. The van der Waals surface area contributed by atoms with Crippen LogP contribution in [0.25, 0.3) is 0 Å². The van der Waals surface area contributed by atoms with Crippen molar-refractivity contribution in [2.75, 3.05) is 14.1 Å². The van der Waals surface area contributed by atoms with E-state index in [-0.39, 0.29) is 5.78 Å². The van der Waals surface area contributed by atoms with E-state index in [4.69, 9.17) is 11.6 Å². The number of hydrogen-bond acceptors (Lipinski definition) is 3. The van der Waals surface area contributed by atoms with E-state index in [1.54, 1.807) is 18.5 Å². The van der Waals surface area contributed by atoms with Gasteiger partial charge in [0.15, 0.2) is 5.78 Å². The standard InChI is InChI=1S/C13H19ClN2O/c1-5-13(2,16(3)4)12(17)8-10-6-7-15-9-11(10)14/h6-7,9H,5,8H2,1-4H3. The van der Waals surface area contributed by atoms with Gasteiger partial charge >= 0.3 is 0 Å². The Morgan fingerprint density at radius 3 is 2.65 bits per heavy atom. The molecule has 3 nitrogen and oxygen atoms in total. The fourth-order valence-corrected chi connectivity index (χ4v) is 1.86. The first-order valence-corrected chi connectivity index (χ1v) is 6.08. The Hall–Kier alpha value is -0.930. The van der Waals surface area contributed by atoms with Crippen molar-refractivity contribution in [1.82, 2.24) is 9.88 Å². The van der Waals surface area contributed by atoms with Gasteiger partial charge in [0.25, 0.3) is 0 Å². The van der Waals surface area contributed by atoms with E-state index in [1.165, 1.54) is 0 Å². The molecule has 0 aliphatic heterocycles. The summed E-state index contributed by atoms with van der Waals surface area (Å²) in [5, 5.41) is 0.554. The minimum Gasteiger partial charge on any atom is -0.297 e. The van der Waals surface area contributed by atoms with Gasteiger partial charge in [-0.25, -0.2) is 0 Å². The molecule has 17 heavy (non-hydrogen) atoms. The molecule has 1 aromatic rings. The van der Waals surface area contributed by atoms with Gasteiger partial charge in [-0.1, -0.05) is 18.5 Å². The van der Waals surface area contributed by atoms with Gasteiger partial charge in [-0.3, -0.25) is 14.7 Å². The largest absolute Gasteiger partial charge is 0.297 e. The average molecular weight is 255 g/mol. The third-order valence-electron chi connectivity index (χ3n) is 3.48. The first-order chi connectivity index (χ1) is 7.91. The molecule has 0 fully saturated rings. The minimum atomic E-state index is -0.438. The van der Waals surface area contributed by atoms with Crippen LogP contribution in [0.15, 0.2) is 18.5 Å². The summed E-state index contributed by atoms with van der Waals surface area (Å²) in [5.74, 6) is 0.179. The normalized spacial score (nSPS) is 14.7. The molecule has 94 valence electrons. The van der Waals surface area contributed by atoms with Gasteiger partial charge in [0.2, 0.25) is 0 Å². The molecule has 4 heteroatoms. The Kier molecular flexibility index (Phi) is 4.66. The predicted octanol–water partition coefficient (Wildman–Crippen LogP) is 2.58. The number of aromatic nitrogens is 1. The van der Waals surface area contributed by atoms with Crippen molar-refractivity contribution in [3.63, 3.8) is 0 Å². The molecule has 0 spiro atoms. The first-order valence-electron chi connectivity index (χ1n) is 5.71. The zero-order chi connectivity index (χ0) is 13.1. The zero-order valence-electron chi connectivity index (χ0n) is 10.8. The van der Waals surface area contributed by atoms with E-state index in [0.29, 0.717) is 11.4 Å². The van der Waals surface area contributed by atoms with Crippen LogP contribution in [-0.2, 0) is 11.2 Å². The molecule has 0 aliphatic carbocycles. The number of hydrogen-bond donors (Lipinski definition) is 0. The number of pyridine rings is 1. The number of Topliss-reactive ketones (excluding diaryl/α,β-unsaturated/α-hetero) is 1. The van der Waals surface area contributed by atoms with Crippen LogP contribution < -0.4 is 0 Å². The fourth-order valence-electron chi connectivity index (χ4n) is 1.67. The Balaban J connectivity index is 2.89. The van der Waals surface area contributed by atoms with Gasteiger partial charge in [-0.15, -0.1) is 0 Å². The molecule has 1 aromatic heterocycles. The number of carbonyl (C=O) groups is 1. The van der Waals surface area contributed by atoms with Crippen molar-refractivity contribution in [2.24, 2.45) is 0 Å². The van der Waals surface area contributed by atoms with Crippen molar-refractivity contribution < 1.29 is 4.79 Å².